The van der Waals surface area contributed by atoms with E-state index in [-0.39, 0.29) is 0 Å². The highest BCUT2D eigenvalue weighted by Gasteiger charge is 2.59. The molecular weight excluding hydrogens is 331 g/mol. The van der Waals surface area contributed by atoms with E-state index < -0.39 is 0 Å². The molecule has 0 radical (unpaired) electrons. The van der Waals surface area contributed by atoms with Gasteiger partial charge < -0.3 is 0 Å². The molecule has 138 valence electrons. The summed E-state index contributed by atoms with van der Waals surface area (Å²) in [7, 11) is 3.27. The van der Waals surface area contributed by atoms with Gasteiger partial charge in [-0.1, -0.05) is 81.0 Å². The first-order valence-electron chi connectivity index (χ1n) is 11.0. The van der Waals surface area contributed by atoms with Crippen molar-refractivity contribution < 1.29 is 0 Å². The molecular formula is C25H33P. The molecule has 5 rings (SSSR count). The van der Waals surface area contributed by atoms with Crippen LogP contribution >= 0.6 is 9.24 Å². The van der Waals surface area contributed by atoms with Crippen molar-refractivity contribution in [2.24, 2.45) is 22.7 Å². The fraction of sp³-hybridized carbons (Fsp3) is 0.600. The summed E-state index contributed by atoms with van der Waals surface area (Å²) in [5.41, 5.74) is 3.84. The van der Waals surface area contributed by atoms with Gasteiger partial charge in [0.1, 0.15) is 0 Å². The second kappa shape index (κ2) is 6.63. The lowest BCUT2D eigenvalue weighted by molar-refractivity contribution is 0.162. The highest BCUT2D eigenvalue weighted by atomic mass is 31.0. The minimum atomic E-state index is 0.316. The zero-order chi connectivity index (χ0) is 17.6. The number of hydrogen-bond acceptors (Lipinski definition) is 0. The van der Waals surface area contributed by atoms with Crippen molar-refractivity contribution in [1.29, 1.82) is 0 Å². The van der Waals surface area contributed by atoms with Gasteiger partial charge >= 0.3 is 0 Å². The van der Waals surface area contributed by atoms with Crippen molar-refractivity contribution in [1.82, 2.24) is 0 Å². The fourth-order valence-corrected chi connectivity index (χ4v) is 7.86. The molecule has 0 N–H and O–H groups in total. The molecule has 3 unspecified atom stereocenters. The summed E-state index contributed by atoms with van der Waals surface area (Å²) in [6, 6.07) is 11.4. The van der Waals surface area contributed by atoms with Gasteiger partial charge in [-0.3, -0.25) is 0 Å². The number of allylic oxidation sites excluding steroid dienone is 4. The molecule has 1 heteroatoms. The van der Waals surface area contributed by atoms with Crippen LogP contribution in [0.4, 0.5) is 0 Å². The van der Waals surface area contributed by atoms with Gasteiger partial charge in [-0.25, -0.2) is 0 Å². The van der Waals surface area contributed by atoms with E-state index >= 15 is 0 Å². The molecule has 0 heterocycles. The zero-order valence-corrected chi connectivity index (χ0v) is 17.2. The van der Waals surface area contributed by atoms with Gasteiger partial charge in [0.25, 0.3) is 0 Å². The summed E-state index contributed by atoms with van der Waals surface area (Å²) in [5.74, 6) is 1.72. The van der Waals surface area contributed by atoms with E-state index in [2.05, 4.69) is 51.7 Å². The van der Waals surface area contributed by atoms with Gasteiger partial charge in [-0.05, 0) is 60.4 Å². The SMILES string of the molecule is PC1=C(c2ccccc2)C2(C3CCCCC3)C=CC1(C1CCCCC1)C2. The lowest BCUT2D eigenvalue weighted by Crippen LogP contribution is -2.31. The Labute approximate surface area is 161 Å². The third-order valence-electron chi connectivity index (χ3n) is 8.23. The van der Waals surface area contributed by atoms with Crippen molar-refractivity contribution in [2.75, 3.05) is 0 Å². The Balaban J connectivity index is 1.62. The summed E-state index contributed by atoms with van der Waals surface area (Å²) in [6.07, 6.45) is 21.1. The maximum absolute atomic E-state index is 3.27. The van der Waals surface area contributed by atoms with Gasteiger partial charge in [0.05, 0.1) is 0 Å². The van der Waals surface area contributed by atoms with Crippen LogP contribution in [0, 0.1) is 22.7 Å². The Morgan fingerprint density at radius 2 is 1.23 bits per heavy atom. The lowest BCUT2D eigenvalue weighted by Gasteiger charge is -2.40. The average Bonchev–Trinajstić information content (AvgIpc) is 3.24. The molecule has 0 saturated heterocycles. The first-order valence-corrected chi connectivity index (χ1v) is 11.6. The third kappa shape index (κ3) is 2.44. The van der Waals surface area contributed by atoms with Gasteiger partial charge in [-0.2, -0.15) is 0 Å². The van der Waals surface area contributed by atoms with Gasteiger partial charge in [0, 0.05) is 10.8 Å². The Morgan fingerprint density at radius 3 is 1.85 bits per heavy atom. The van der Waals surface area contributed by atoms with Crippen molar-refractivity contribution in [3.05, 3.63) is 53.4 Å². The topological polar surface area (TPSA) is 0 Å². The summed E-state index contributed by atoms with van der Waals surface area (Å²) in [6.45, 7) is 0. The van der Waals surface area contributed by atoms with Crippen LogP contribution in [-0.2, 0) is 0 Å². The average molecular weight is 365 g/mol. The monoisotopic (exact) mass is 364 g/mol. The number of rotatable bonds is 3. The Bertz CT molecular complexity index is 718. The predicted molar refractivity (Wildman–Crippen MR) is 115 cm³/mol. The quantitative estimate of drug-likeness (QED) is 0.388. The molecule has 0 aliphatic heterocycles. The van der Waals surface area contributed by atoms with Crippen LogP contribution in [0.3, 0.4) is 0 Å². The molecule has 3 atom stereocenters. The van der Waals surface area contributed by atoms with Crippen molar-refractivity contribution in [3.63, 3.8) is 0 Å². The van der Waals surface area contributed by atoms with E-state index in [4.69, 9.17) is 0 Å². The molecule has 0 spiro atoms. The van der Waals surface area contributed by atoms with E-state index in [1.165, 1.54) is 76.2 Å². The fourth-order valence-electron chi connectivity index (χ4n) is 6.99. The normalized spacial score (nSPS) is 35.4. The summed E-state index contributed by atoms with van der Waals surface area (Å²) >= 11 is 0. The highest BCUT2D eigenvalue weighted by molar-refractivity contribution is 7.23. The standard InChI is InChI=1S/C25H33P/c26-23-22(19-10-4-1-5-11-19)24(20-12-6-2-7-13-20)16-17-25(23,18-24)21-14-8-3-9-15-21/h1,4-5,10-11,16-17,20-21H,2-3,6-9,12-15,18,26H2. The van der Waals surface area contributed by atoms with Crippen LogP contribution in [0.1, 0.15) is 76.2 Å². The smallest absolute Gasteiger partial charge is 0.0181 e. The van der Waals surface area contributed by atoms with Crippen LogP contribution in [0.15, 0.2) is 47.8 Å². The van der Waals surface area contributed by atoms with Crippen LogP contribution < -0.4 is 0 Å². The van der Waals surface area contributed by atoms with Crippen LogP contribution in [0.25, 0.3) is 5.57 Å². The molecule has 2 saturated carbocycles. The van der Waals surface area contributed by atoms with Gasteiger partial charge in [0.2, 0.25) is 0 Å². The highest BCUT2D eigenvalue weighted by Crippen LogP contribution is 2.72. The van der Waals surface area contributed by atoms with Gasteiger partial charge in [0.15, 0.2) is 0 Å². The van der Waals surface area contributed by atoms with Crippen LogP contribution in [0.5, 0.6) is 0 Å². The van der Waals surface area contributed by atoms with E-state index in [0.29, 0.717) is 10.8 Å². The number of fused-ring (bicyclic) bond motifs is 2. The summed E-state index contributed by atoms with van der Waals surface area (Å²) < 4.78 is 0. The molecule has 4 aliphatic rings. The Morgan fingerprint density at radius 1 is 0.692 bits per heavy atom. The minimum absolute atomic E-state index is 0.316. The minimum Gasteiger partial charge on any atom is -0.109 e. The molecule has 0 aromatic heterocycles. The first-order chi connectivity index (χ1) is 12.8. The molecule has 0 amide bonds. The van der Waals surface area contributed by atoms with E-state index in [1.54, 1.807) is 10.9 Å². The van der Waals surface area contributed by atoms with Crippen LogP contribution in [-0.4, -0.2) is 0 Å². The van der Waals surface area contributed by atoms with Crippen molar-refractivity contribution >= 4 is 14.8 Å². The Hall–Kier alpha value is -0.870. The molecule has 1 aromatic carbocycles. The molecule has 4 aliphatic carbocycles. The molecule has 2 fully saturated rings. The molecule has 1 aromatic rings. The lowest BCUT2D eigenvalue weighted by atomic mass is 9.63. The van der Waals surface area contributed by atoms with E-state index in [9.17, 15) is 0 Å². The number of hydrogen-bond donors (Lipinski definition) is 0. The van der Waals surface area contributed by atoms with E-state index in [0.717, 1.165) is 11.8 Å². The number of benzene rings is 1. The molecule has 26 heavy (non-hydrogen) atoms. The van der Waals surface area contributed by atoms with Crippen LogP contribution in [0.2, 0.25) is 0 Å². The van der Waals surface area contributed by atoms with E-state index in [1.807, 2.05) is 0 Å². The molecule has 0 nitrogen and oxygen atoms in total. The maximum Gasteiger partial charge on any atom is 0.0181 e. The summed E-state index contributed by atoms with van der Waals surface area (Å²) in [4.78, 5) is 0. The Kier molecular flexibility index (Phi) is 4.40. The van der Waals surface area contributed by atoms with Crippen molar-refractivity contribution in [3.8, 4) is 0 Å². The largest absolute Gasteiger partial charge is 0.109 e. The van der Waals surface area contributed by atoms with Gasteiger partial charge in [-0.15, -0.1) is 9.24 Å². The third-order valence-corrected chi connectivity index (χ3v) is 9.06. The van der Waals surface area contributed by atoms with Crippen molar-refractivity contribution in [2.45, 2.75) is 70.6 Å². The predicted octanol–water partition coefficient (Wildman–Crippen LogP) is 7.38. The second-order valence-corrected chi connectivity index (χ2v) is 9.99. The zero-order valence-electron chi connectivity index (χ0n) is 16.1. The maximum atomic E-state index is 3.27. The summed E-state index contributed by atoms with van der Waals surface area (Å²) in [5, 5.41) is 1.66. The first kappa shape index (κ1) is 17.2. The molecule has 2 bridgehead atoms. The second-order valence-electron chi connectivity index (χ2n) is 9.42.